The summed E-state index contributed by atoms with van der Waals surface area (Å²) >= 11 is 3.59. The maximum atomic E-state index is 12.3. The maximum absolute atomic E-state index is 12.3. The number of halogens is 1. The van der Waals surface area contributed by atoms with Gasteiger partial charge < -0.3 is 0 Å². The van der Waals surface area contributed by atoms with Crippen molar-refractivity contribution >= 4 is 26.0 Å². The van der Waals surface area contributed by atoms with Gasteiger partial charge in [0, 0.05) is 30.3 Å². The van der Waals surface area contributed by atoms with E-state index in [-0.39, 0.29) is 5.75 Å². The van der Waals surface area contributed by atoms with E-state index in [0.717, 1.165) is 18.4 Å². The monoisotopic (exact) mass is 360 g/mol. The van der Waals surface area contributed by atoms with E-state index < -0.39 is 10.0 Å². The first-order valence-corrected chi connectivity index (χ1v) is 9.52. The molecule has 2 rings (SSSR count). The van der Waals surface area contributed by atoms with Crippen LogP contribution in [0.4, 0.5) is 0 Å². The van der Waals surface area contributed by atoms with E-state index in [1.807, 2.05) is 12.1 Å². The van der Waals surface area contributed by atoms with Gasteiger partial charge in [-0.3, -0.25) is 4.98 Å². The molecule has 0 amide bonds. The van der Waals surface area contributed by atoms with Gasteiger partial charge in [0.2, 0.25) is 10.0 Å². The summed E-state index contributed by atoms with van der Waals surface area (Å²) in [4.78, 5) is 4.40. The molecule has 0 aromatic carbocycles. The molecule has 1 aliphatic heterocycles. The Morgan fingerprint density at radius 2 is 1.95 bits per heavy atom. The molecule has 1 aromatic rings. The van der Waals surface area contributed by atoms with Gasteiger partial charge in [-0.05, 0) is 42.9 Å². The molecule has 1 unspecified atom stereocenters. The van der Waals surface area contributed by atoms with Crippen LogP contribution in [-0.4, -0.2) is 41.4 Å². The zero-order valence-corrected chi connectivity index (χ0v) is 14.1. The summed E-state index contributed by atoms with van der Waals surface area (Å²) in [6.45, 7) is 3.44. The Hall–Kier alpha value is -0.460. The highest BCUT2D eigenvalue weighted by molar-refractivity contribution is 9.09. The number of rotatable bonds is 5. The van der Waals surface area contributed by atoms with E-state index in [1.165, 1.54) is 0 Å². The predicted octanol–water partition coefficient (Wildman–Crippen LogP) is 2.45. The van der Waals surface area contributed by atoms with Crippen molar-refractivity contribution < 1.29 is 8.42 Å². The number of hydrogen-bond acceptors (Lipinski definition) is 3. The first kappa shape index (κ1) is 15.9. The van der Waals surface area contributed by atoms with Crippen LogP contribution in [0, 0.1) is 5.92 Å². The van der Waals surface area contributed by atoms with Crippen molar-refractivity contribution in [3.8, 4) is 0 Å². The Kier molecular flexibility index (Phi) is 5.57. The molecular formula is C14H21BrN2O2S. The van der Waals surface area contributed by atoms with Crippen LogP contribution in [0.15, 0.2) is 24.5 Å². The molecule has 0 N–H and O–H groups in total. The Morgan fingerprint density at radius 3 is 2.50 bits per heavy atom. The van der Waals surface area contributed by atoms with Crippen molar-refractivity contribution in [2.75, 3.05) is 18.8 Å². The molecule has 4 nitrogen and oxygen atoms in total. The van der Waals surface area contributed by atoms with E-state index in [9.17, 15) is 8.42 Å². The standard InChI is InChI=1S/C14H21BrN2O2S/c1-12(15)14-4-9-17(10-5-14)20(18,19)11-6-13-2-7-16-8-3-13/h2-3,7-8,12,14H,4-6,9-11H2,1H3. The molecule has 1 aliphatic rings. The number of aromatic nitrogens is 1. The number of piperidine rings is 1. The third kappa shape index (κ3) is 4.27. The van der Waals surface area contributed by atoms with Crippen LogP contribution in [0.5, 0.6) is 0 Å². The minimum atomic E-state index is -3.13. The molecule has 1 atom stereocenters. The van der Waals surface area contributed by atoms with Gasteiger partial charge in [-0.1, -0.05) is 22.9 Å². The molecule has 6 heteroatoms. The molecule has 112 valence electrons. The van der Waals surface area contributed by atoms with Crippen molar-refractivity contribution in [3.05, 3.63) is 30.1 Å². The van der Waals surface area contributed by atoms with Crippen molar-refractivity contribution in [2.45, 2.75) is 31.0 Å². The molecule has 1 fully saturated rings. The smallest absolute Gasteiger partial charge is 0.214 e. The summed E-state index contributed by atoms with van der Waals surface area (Å²) in [6, 6.07) is 3.74. The summed E-state index contributed by atoms with van der Waals surface area (Å²) in [5, 5.41) is 0. The topological polar surface area (TPSA) is 50.3 Å². The third-order valence-corrected chi connectivity index (χ3v) is 6.56. The van der Waals surface area contributed by atoms with Gasteiger partial charge in [-0.25, -0.2) is 12.7 Å². The van der Waals surface area contributed by atoms with Gasteiger partial charge in [-0.2, -0.15) is 0 Å². The van der Waals surface area contributed by atoms with E-state index in [2.05, 4.69) is 27.8 Å². The fourth-order valence-electron chi connectivity index (χ4n) is 2.54. The van der Waals surface area contributed by atoms with Crippen LogP contribution >= 0.6 is 15.9 Å². The van der Waals surface area contributed by atoms with Gasteiger partial charge in [0.15, 0.2) is 0 Å². The quantitative estimate of drug-likeness (QED) is 0.757. The summed E-state index contributed by atoms with van der Waals surface area (Å²) < 4.78 is 26.3. The van der Waals surface area contributed by atoms with Gasteiger partial charge in [0.25, 0.3) is 0 Å². The molecule has 0 radical (unpaired) electrons. The summed E-state index contributed by atoms with van der Waals surface area (Å²) in [5.74, 6) is 0.771. The molecule has 0 bridgehead atoms. The average molecular weight is 361 g/mol. The SMILES string of the molecule is CC(Br)C1CCN(S(=O)(=O)CCc2ccncc2)CC1. The lowest BCUT2D eigenvalue weighted by Gasteiger charge is -2.32. The van der Waals surface area contributed by atoms with Crippen LogP contribution in [0.3, 0.4) is 0 Å². The zero-order valence-electron chi connectivity index (χ0n) is 11.7. The summed E-state index contributed by atoms with van der Waals surface area (Å²) in [5.41, 5.74) is 1.02. The van der Waals surface area contributed by atoms with Crippen LogP contribution < -0.4 is 0 Å². The molecule has 0 saturated carbocycles. The van der Waals surface area contributed by atoms with E-state index >= 15 is 0 Å². The second-order valence-electron chi connectivity index (χ2n) is 5.34. The Balaban J connectivity index is 1.88. The molecule has 0 aliphatic carbocycles. The van der Waals surface area contributed by atoms with Gasteiger partial charge >= 0.3 is 0 Å². The Labute approximate surface area is 129 Å². The lowest BCUT2D eigenvalue weighted by molar-refractivity contribution is 0.275. The normalized spacial score (nSPS) is 19.9. The number of aryl methyl sites for hydroxylation is 1. The van der Waals surface area contributed by atoms with Crippen LogP contribution in [0.25, 0.3) is 0 Å². The van der Waals surface area contributed by atoms with Gasteiger partial charge in [0.1, 0.15) is 0 Å². The first-order valence-electron chi connectivity index (χ1n) is 7.00. The van der Waals surface area contributed by atoms with Crippen LogP contribution in [0.1, 0.15) is 25.3 Å². The number of alkyl halides is 1. The fourth-order valence-corrected chi connectivity index (χ4v) is 4.59. The average Bonchev–Trinajstić information content (AvgIpc) is 2.46. The second-order valence-corrected chi connectivity index (χ2v) is 8.87. The molecule has 20 heavy (non-hydrogen) atoms. The van der Waals surface area contributed by atoms with E-state index in [1.54, 1.807) is 16.7 Å². The lowest BCUT2D eigenvalue weighted by Crippen LogP contribution is -2.41. The molecular weight excluding hydrogens is 340 g/mol. The Bertz CT molecular complexity index is 511. The maximum Gasteiger partial charge on any atom is 0.214 e. The molecule has 1 aromatic heterocycles. The van der Waals surface area contributed by atoms with Crippen LogP contribution in [-0.2, 0) is 16.4 Å². The highest BCUT2D eigenvalue weighted by Gasteiger charge is 2.29. The number of pyridine rings is 1. The van der Waals surface area contributed by atoms with Crippen molar-refractivity contribution in [1.29, 1.82) is 0 Å². The number of sulfonamides is 1. The summed E-state index contributed by atoms with van der Waals surface area (Å²) in [6.07, 6.45) is 5.84. The largest absolute Gasteiger partial charge is 0.265 e. The van der Waals surface area contributed by atoms with E-state index in [0.29, 0.717) is 30.3 Å². The Morgan fingerprint density at radius 1 is 1.35 bits per heavy atom. The van der Waals surface area contributed by atoms with Crippen molar-refractivity contribution in [1.82, 2.24) is 9.29 Å². The predicted molar refractivity (Wildman–Crippen MR) is 84.4 cm³/mol. The van der Waals surface area contributed by atoms with Gasteiger partial charge in [-0.15, -0.1) is 0 Å². The lowest BCUT2D eigenvalue weighted by atomic mass is 9.96. The molecule has 1 saturated heterocycles. The van der Waals surface area contributed by atoms with Crippen molar-refractivity contribution in [2.24, 2.45) is 5.92 Å². The minimum Gasteiger partial charge on any atom is -0.265 e. The molecule has 0 spiro atoms. The summed E-state index contributed by atoms with van der Waals surface area (Å²) in [7, 11) is -3.13. The minimum absolute atomic E-state index is 0.186. The first-order chi connectivity index (χ1) is 9.49. The molecule has 2 heterocycles. The van der Waals surface area contributed by atoms with Crippen LogP contribution in [0.2, 0.25) is 0 Å². The third-order valence-electron chi connectivity index (χ3n) is 3.94. The fraction of sp³-hybridized carbons (Fsp3) is 0.643. The highest BCUT2D eigenvalue weighted by atomic mass is 79.9. The number of hydrogen-bond donors (Lipinski definition) is 0. The highest BCUT2D eigenvalue weighted by Crippen LogP contribution is 2.26. The zero-order chi connectivity index (χ0) is 14.6. The van der Waals surface area contributed by atoms with Gasteiger partial charge in [0.05, 0.1) is 5.75 Å². The van der Waals surface area contributed by atoms with Crippen molar-refractivity contribution in [3.63, 3.8) is 0 Å². The second kappa shape index (κ2) is 7.00. The number of nitrogens with zero attached hydrogens (tertiary/aromatic N) is 2. The van der Waals surface area contributed by atoms with E-state index in [4.69, 9.17) is 0 Å².